The SMILES string of the molecule is CC1OC(CO)C(OC2OC(CO)C(O)C(O)C2O)C(O)C1O.[Y].[Y].[Y].[Y].[Y].[Y].[Y]. The van der Waals surface area contributed by atoms with E-state index in [2.05, 4.69) is 0 Å². The van der Waals surface area contributed by atoms with Crippen LogP contribution in [0.4, 0.5) is 0 Å². The van der Waals surface area contributed by atoms with Gasteiger partial charge in [-0.25, -0.2) is 0 Å². The fourth-order valence-corrected chi connectivity index (χ4v) is 2.78. The van der Waals surface area contributed by atoms with Gasteiger partial charge in [0.1, 0.15) is 48.8 Å². The van der Waals surface area contributed by atoms with Crippen molar-refractivity contribution in [3.63, 3.8) is 0 Å². The van der Waals surface area contributed by atoms with Gasteiger partial charge in [-0.05, 0) is 6.92 Å². The predicted octanol–water partition coefficient (Wildman–Crippen LogP) is -4.34. The number of ether oxygens (including phenoxy) is 3. The molecule has 0 amide bonds. The van der Waals surface area contributed by atoms with Crippen LogP contribution in [0.1, 0.15) is 6.92 Å². The summed E-state index contributed by atoms with van der Waals surface area (Å²) in [7, 11) is 0. The minimum Gasteiger partial charge on any atom is -0.394 e. The van der Waals surface area contributed by atoms with Gasteiger partial charge in [-0.3, -0.25) is 0 Å². The van der Waals surface area contributed by atoms with Gasteiger partial charge in [0.2, 0.25) is 0 Å². The summed E-state index contributed by atoms with van der Waals surface area (Å²) in [6.45, 7) is 0.369. The van der Waals surface area contributed by atoms with E-state index in [1.165, 1.54) is 6.92 Å². The van der Waals surface area contributed by atoms with Gasteiger partial charge < -0.3 is 50.0 Å². The zero-order valence-electron chi connectivity index (χ0n) is 16.6. The Balaban J connectivity index is -0.000000206. The van der Waals surface area contributed by atoms with Gasteiger partial charge in [-0.15, -0.1) is 0 Å². The van der Waals surface area contributed by atoms with E-state index < -0.39 is 74.4 Å². The van der Waals surface area contributed by atoms with E-state index in [0.29, 0.717) is 0 Å². The Morgan fingerprint density at radius 3 is 1.50 bits per heavy atom. The van der Waals surface area contributed by atoms with E-state index in [-0.39, 0.29) is 229 Å². The summed E-state index contributed by atoms with van der Waals surface area (Å²) in [4.78, 5) is 0. The third-order valence-electron chi connectivity index (χ3n) is 4.24. The van der Waals surface area contributed by atoms with Gasteiger partial charge in [0.15, 0.2) is 6.29 Å². The smallest absolute Gasteiger partial charge is 0.187 e. The molecule has 0 bridgehead atoms. The van der Waals surface area contributed by atoms with Gasteiger partial charge in [-0.2, -0.15) is 0 Å². The molecule has 7 radical (unpaired) electrons. The Morgan fingerprint density at radius 1 is 0.600 bits per heavy atom. The fourth-order valence-electron chi connectivity index (χ4n) is 2.78. The number of hydrogen-bond donors (Lipinski definition) is 7. The van der Waals surface area contributed by atoms with Crippen LogP contribution in [0.3, 0.4) is 0 Å². The van der Waals surface area contributed by atoms with Crippen LogP contribution >= 0.6 is 0 Å². The molecule has 0 saturated carbocycles. The zero-order chi connectivity index (χ0) is 17.3. The topological polar surface area (TPSA) is 169 Å². The summed E-state index contributed by atoms with van der Waals surface area (Å²) in [5.74, 6) is 0. The van der Waals surface area contributed by atoms with Crippen molar-refractivity contribution in [2.24, 2.45) is 0 Å². The molecule has 2 fully saturated rings. The molecule has 10 unspecified atom stereocenters. The summed E-state index contributed by atoms with van der Waals surface area (Å²) >= 11 is 0. The minimum absolute atomic E-state index is 0. The number of rotatable bonds is 4. The van der Waals surface area contributed by atoms with E-state index in [4.69, 9.17) is 19.3 Å². The normalized spacial score (nSPS) is 39.6. The summed E-state index contributed by atoms with van der Waals surface area (Å²) < 4.78 is 15.9. The maximum Gasteiger partial charge on any atom is 0.187 e. The van der Waals surface area contributed by atoms with E-state index in [9.17, 15) is 30.6 Å². The molecular weight excluding hydrogens is 938 g/mol. The van der Waals surface area contributed by atoms with Crippen molar-refractivity contribution in [1.29, 1.82) is 0 Å². The van der Waals surface area contributed by atoms with Crippen LogP contribution in [0.5, 0.6) is 0 Å². The molecule has 0 aromatic rings. The summed E-state index contributed by atoms with van der Waals surface area (Å²) in [6.07, 6.45) is -13.2. The molecule has 10 atom stereocenters. The average molecular weight is 963 g/mol. The van der Waals surface area contributed by atoms with Crippen molar-refractivity contribution < 1.29 is 279 Å². The van der Waals surface area contributed by atoms with E-state index in [0.717, 1.165) is 0 Å². The molecule has 2 rings (SSSR count). The van der Waals surface area contributed by atoms with E-state index in [1.807, 2.05) is 0 Å². The van der Waals surface area contributed by atoms with Crippen molar-refractivity contribution in [3.8, 4) is 0 Å². The van der Waals surface area contributed by atoms with Crippen LogP contribution in [0.25, 0.3) is 0 Å². The molecule has 10 nitrogen and oxygen atoms in total. The standard InChI is InChI=1S/C13H24O10.7Y/c1-4-7(16)10(19)12(6(3-15)21-4)23-13-11(20)9(18)8(17)5(2-14)22-13;;;;;;;/h4-20H,2-3H2,1H3;;;;;;;. The molecule has 0 aromatic carbocycles. The van der Waals surface area contributed by atoms with Crippen LogP contribution in [0.2, 0.25) is 0 Å². The third-order valence-corrected chi connectivity index (χ3v) is 4.24. The monoisotopic (exact) mass is 962 g/mol. The molecule has 2 saturated heterocycles. The minimum atomic E-state index is -1.66. The van der Waals surface area contributed by atoms with Crippen molar-refractivity contribution in [2.45, 2.75) is 68.1 Å². The first kappa shape index (κ1) is 50.2. The van der Waals surface area contributed by atoms with E-state index >= 15 is 0 Å². The molecule has 0 aliphatic carbocycles. The van der Waals surface area contributed by atoms with Crippen molar-refractivity contribution in [3.05, 3.63) is 0 Å². The van der Waals surface area contributed by atoms with Gasteiger partial charge in [0.25, 0.3) is 0 Å². The molecule has 0 aromatic heterocycles. The van der Waals surface area contributed by atoms with Crippen LogP contribution in [-0.2, 0) is 243 Å². The predicted molar refractivity (Wildman–Crippen MR) is 72.1 cm³/mol. The van der Waals surface area contributed by atoms with Crippen molar-refractivity contribution >= 4 is 0 Å². The maximum atomic E-state index is 10.1. The van der Waals surface area contributed by atoms with Gasteiger partial charge >= 0.3 is 0 Å². The van der Waals surface area contributed by atoms with Crippen molar-refractivity contribution in [1.82, 2.24) is 0 Å². The zero-order valence-corrected chi connectivity index (χ0v) is 36.5. The summed E-state index contributed by atoms with van der Waals surface area (Å²) in [5.41, 5.74) is 0. The Hall–Kier alpha value is 7.33. The maximum absolute atomic E-state index is 10.1. The van der Waals surface area contributed by atoms with Crippen LogP contribution in [0, 0.1) is 0 Å². The third kappa shape index (κ3) is 13.6. The molecule has 157 valence electrons. The fraction of sp³-hybridized carbons (Fsp3) is 1.00. The molecule has 0 spiro atoms. The molecule has 2 aliphatic heterocycles. The molecule has 30 heavy (non-hydrogen) atoms. The molecule has 7 N–H and O–H groups in total. The van der Waals surface area contributed by atoms with E-state index in [1.54, 1.807) is 0 Å². The Labute approximate surface area is 352 Å². The quantitative estimate of drug-likeness (QED) is 0.147. The number of aliphatic hydroxyl groups is 7. The first-order valence-electron chi connectivity index (χ1n) is 7.40. The first-order chi connectivity index (χ1) is 10.8. The van der Waals surface area contributed by atoms with Crippen LogP contribution in [0.15, 0.2) is 0 Å². The van der Waals surface area contributed by atoms with Crippen molar-refractivity contribution in [2.75, 3.05) is 13.2 Å². The average Bonchev–Trinajstić information content (AvgIpc) is 2.55. The Morgan fingerprint density at radius 2 is 1.07 bits per heavy atom. The second kappa shape index (κ2) is 25.3. The first-order valence-corrected chi connectivity index (χ1v) is 7.40. The summed E-state index contributed by atoms with van der Waals surface area (Å²) in [6, 6.07) is 0. The largest absolute Gasteiger partial charge is 0.394 e. The second-order valence-electron chi connectivity index (χ2n) is 5.84. The van der Waals surface area contributed by atoms with Gasteiger partial charge in [0.05, 0.1) is 19.3 Å². The van der Waals surface area contributed by atoms with Crippen LogP contribution < -0.4 is 0 Å². The Kier molecular flexibility index (Phi) is 42.3. The second-order valence-corrected chi connectivity index (χ2v) is 5.84. The molecule has 2 heterocycles. The molecule has 17 heteroatoms. The molecular formula is C13H24O10Y7. The number of aliphatic hydroxyl groups excluding tert-OH is 7. The summed E-state index contributed by atoms with van der Waals surface area (Å²) in [5, 5.41) is 67.8. The Bertz CT molecular complexity index is 401. The molecule has 2 aliphatic rings. The number of hydrogen-bond acceptors (Lipinski definition) is 10. The van der Waals surface area contributed by atoms with Gasteiger partial charge in [-0.1, -0.05) is 0 Å². The van der Waals surface area contributed by atoms with Gasteiger partial charge in [0, 0.05) is 229 Å². The van der Waals surface area contributed by atoms with Crippen LogP contribution in [-0.4, -0.2) is 110 Å².